The molecular weight excluding hydrogens is 459 g/mol. The van der Waals surface area contributed by atoms with Crippen LogP contribution in [-0.2, 0) is 14.3 Å². The predicted octanol–water partition coefficient (Wildman–Crippen LogP) is 1.67. The Kier molecular flexibility index (Phi) is 5.15. The number of ether oxygens (including phenoxy) is 1. The highest BCUT2D eigenvalue weighted by Gasteiger charge is 2.51. The Balaban J connectivity index is 1.31. The summed E-state index contributed by atoms with van der Waals surface area (Å²) < 4.78 is 20.5. The first-order valence-electron chi connectivity index (χ1n) is 11.7. The number of carbonyl (C=O) groups is 5. The van der Waals surface area contributed by atoms with Gasteiger partial charge in [-0.15, -0.1) is 0 Å². The normalized spacial score (nSPS) is 23.5. The highest BCUT2D eigenvalue weighted by atomic mass is 19.1. The van der Waals surface area contributed by atoms with E-state index in [1.165, 1.54) is 6.07 Å². The van der Waals surface area contributed by atoms with Crippen molar-refractivity contribution < 1.29 is 33.1 Å². The Bertz CT molecular complexity index is 1170. The average molecular weight is 487 g/mol. The predicted molar refractivity (Wildman–Crippen MR) is 120 cm³/mol. The summed E-state index contributed by atoms with van der Waals surface area (Å²) in [6.07, 6.45) is 0.425. The maximum atomic E-state index is 15.1. The lowest BCUT2D eigenvalue weighted by Crippen LogP contribution is -2.60. The molecule has 1 N–H and O–H groups in total. The summed E-state index contributed by atoms with van der Waals surface area (Å²) in [5.74, 6) is -3.21. The van der Waals surface area contributed by atoms with E-state index in [9.17, 15) is 24.0 Å². The summed E-state index contributed by atoms with van der Waals surface area (Å²) in [7, 11) is 0. The van der Waals surface area contributed by atoms with Gasteiger partial charge in [0, 0.05) is 38.0 Å². The van der Waals surface area contributed by atoms with Crippen LogP contribution in [0.25, 0.3) is 0 Å². The van der Waals surface area contributed by atoms with Gasteiger partial charge in [0.25, 0.3) is 11.8 Å². The second-order valence-electron chi connectivity index (χ2n) is 10.8. The minimum absolute atomic E-state index is 0.0135. The summed E-state index contributed by atoms with van der Waals surface area (Å²) in [6.45, 7) is 7.47. The summed E-state index contributed by atoms with van der Waals surface area (Å²) in [4.78, 5) is 66.2. The molecule has 3 fully saturated rings. The Labute approximate surface area is 201 Å². The van der Waals surface area contributed by atoms with E-state index in [0.717, 1.165) is 17.4 Å². The van der Waals surface area contributed by atoms with Crippen LogP contribution in [-0.4, -0.2) is 77.3 Å². The second kappa shape index (κ2) is 7.76. The molecule has 5 rings (SSSR count). The molecule has 35 heavy (non-hydrogen) atoms. The van der Waals surface area contributed by atoms with Crippen LogP contribution in [0.3, 0.4) is 0 Å². The molecule has 10 nitrogen and oxygen atoms in total. The zero-order chi connectivity index (χ0) is 25.3. The molecule has 4 heterocycles. The molecule has 1 atom stereocenters. The first-order chi connectivity index (χ1) is 16.4. The quantitative estimate of drug-likeness (QED) is 0.632. The molecule has 1 aromatic rings. The Morgan fingerprint density at radius 2 is 1.74 bits per heavy atom. The largest absolute Gasteiger partial charge is 0.444 e. The Hall–Kier alpha value is -3.50. The Morgan fingerprint density at radius 3 is 2.37 bits per heavy atom. The van der Waals surface area contributed by atoms with Crippen LogP contribution >= 0.6 is 0 Å². The molecule has 1 spiro atoms. The van der Waals surface area contributed by atoms with E-state index in [4.69, 9.17) is 4.74 Å². The lowest BCUT2D eigenvalue weighted by molar-refractivity contribution is -0.136. The van der Waals surface area contributed by atoms with Crippen LogP contribution in [0.5, 0.6) is 0 Å². The van der Waals surface area contributed by atoms with Gasteiger partial charge in [-0.05, 0) is 45.7 Å². The van der Waals surface area contributed by atoms with Crippen LogP contribution in [0.2, 0.25) is 0 Å². The third-order valence-corrected chi connectivity index (χ3v) is 6.99. The van der Waals surface area contributed by atoms with Crippen LogP contribution in [0.15, 0.2) is 12.1 Å². The maximum Gasteiger partial charge on any atom is 0.410 e. The number of halogens is 1. The number of piperidine rings is 1. The van der Waals surface area contributed by atoms with E-state index < -0.39 is 41.1 Å². The topological polar surface area (TPSA) is 116 Å². The fourth-order valence-corrected chi connectivity index (χ4v) is 5.34. The van der Waals surface area contributed by atoms with E-state index in [-0.39, 0.29) is 41.2 Å². The fraction of sp³-hybridized carbons (Fsp3) is 0.542. The third-order valence-electron chi connectivity index (χ3n) is 6.99. The maximum absolute atomic E-state index is 15.1. The molecule has 186 valence electrons. The highest BCUT2D eigenvalue weighted by molar-refractivity contribution is 6.23. The van der Waals surface area contributed by atoms with Crippen molar-refractivity contribution in [3.05, 3.63) is 29.1 Å². The van der Waals surface area contributed by atoms with Crippen molar-refractivity contribution in [1.29, 1.82) is 0 Å². The lowest BCUT2D eigenvalue weighted by Gasteiger charge is -2.47. The van der Waals surface area contributed by atoms with Gasteiger partial charge in [0.1, 0.15) is 17.5 Å². The summed E-state index contributed by atoms with van der Waals surface area (Å²) in [5, 5.41) is 2.14. The van der Waals surface area contributed by atoms with Crippen molar-refractivity contribution in [2.75, 3.05) is 31.1 Å². The first-order valence-corrected chi connectivity index (χ1v) is 11.7. The standard InChI is InChI=1S/C24H27FN4O6/c1-23(2,3)35-22(34)28-11-24(12-28)6-7-27(10-24)17-9-14-13(8-15(17)25)20(32)29(21(14)33)16-4-5-18(30)26-19(16)31/h8-9,16H,4-7,10-12H2,1-3H3,(H,26,30,31). The van der Waals surface area contributed by atoms with Crippen LogP contribution in [0.1, 0.15) is 60.7 Å². The smallest absolute Gasteiger partial charge is 0.410 e. The van der Waals surface area contributed by atoms with Gasteiger partial charge in [-0.2, -0.15) is 0 Å². The molecule has 4 aliphatic heterocycles. The minimum atomic E-state index is -1.10. The van der Waals surface area contributed by atoms with Gasteiger partial charge >= 0.3 is 6.09 Å². The zero-order valence-electron chi connectivity index (χ0n) is 19.9. The molecule has 4 aliphatic rings. The van der Waals surface area contributed by atoms with Gasteiger partial charge in [-0.3, -0.25) is 29.4 Å². The van der Waals surface area contributed by atoms with Gasteiger partial charge in [-0.1, -0.05) is 0 Å². The van der Waals surface area contributed by atoms with Gasteiger partial charge in [0.05, 0.1) is 16.8 Å². The summed E-state index contributed by atoms with van der Waals surface area (Å²) in [5.41, 5.74) is -0.597. The number of fused-ring (bicyclic) bond motifs is 1. The average Bonchev–Trinajstić information content (AvgIpc) is 3.26. The number of benzene rings is 1. The van der Waals surface area contributed by atoms with E-state index in [1.807, 2.05) is 25.7 Å². The number of imide groups is 2. The first kappa shape index (κ1) is 23.3. The van der Waals surface area contributed by atoms with E-state index in [1.54, 1.807) is 4.90 Å². The van der Waals surface area contributed by atoms with Gasteiger partial charge < -0.3 is 14.5 Å². The minimum Gasteiger partial charge on any atom is -0.444 e. The molecule has 0 radical (unpaired) electrons. The fourth-order valence-electron chi connectivity index (χ4n) is 5.34. The SMILES string of the molecule is CC(C)(C)OC(=O)N1CC2(CCN(c3cc4c(cc3F)C(=O)N(C3CCC(=O)NC3=O)C4=O)C2)C1. The molecule has 11 heteroatoms. The van der Waals surface area contributed by atoms with Crippen molar-refractivity contribution in [3.8, 4) is 0 Å². The second-order valence-corrected chi connectivity index (χ2v) is 10.8. The monoisotopic (exact) mass is 486 g/mol. The van der Waals surface area contributed by atoms with Gasteiger partial charge in [0.15, 0.2) is 0 Å². The van der Waals surface area contributed by atoms with Crippen LogP contribution in [0, 0.1) is 11.2 Å². The highest BCUT2D eigenvalue weighted by Crippen LogP contribution is 2.43. The Morgan fingerprint density at radius 1 is 1.09 bits per heavy atom. The number of rotatable bonds is 2. The molecule has 1 unspecified atom stereocenters. The molecule has 0 aliphatic carbocycles. The van der Waals surface area contributed by atoms with Crippen LogP contribution in [0.4, 0.5) is 14.9 Å². The van der Waals surface area contributed by atoms with Crippen molar-refractivity contribution in [2.45, 2.75) is 51.7 Å². The number of hydrogen-bond acceptors (Lipinski definition) is 7. The molecule has 1 aromatic carbocycles. The molecular formula is C24H27FN4O6. The number of nitrogens with one attached hydrogen (secondary N) is 1. The van der Waals surface area contributed by atoms with E-state index >= 15 is 4.39 Å². The number of amides is 5. The van der Waals surface area contributed by atoms with Crippen molar-refractivity contribution in [1.82, 2.24) is 15.1 Å². The summed E-state index contributed by atoms with van der Waals surface area (Å²) >= 11 is 0. The summed E-state index contributed by atoms with van der Waals surface area (Å²) in [6, 6.07) is 1.32. The van der Waals surface area contributed by atoms with Crippen molar-refractivity contribution in [3.63, 3.8) is 0 Å². The van der Waals surface area contributed by atoms with E-state index in [2.05, 4.69) is 5.32 Å². The number of nitrogens with zero attached hydrogens (tertiary/aromatic N) is 3. The number of carbonyl (C=O) groups excluding carboxylic acids is 5. The number of anilines is 1. The van der Waals surface area contributed by atoms with Crippen LogP contribution < -0.4 is 10.2 Å². The zero-order valence-corrected chi connectivity index (χ0v) is 19.9. The molecule has 5 amide bonds. The van der Waals surface area contributed by atoms with Crippen molar-refractivity contribution >= 4 is 35.4 Å². The molecule has 0 bridgehead atoms. The third kappa shape index (κ3) is 3.92. The molecule has 3 saturated heterocycles. The molecule has 0 aromatic heterocycles. The molecule has 0 saturated carbocycles. The van der Waals surface area contributed by atoms with Gasteiger partial charge in [0.2, 0.25) is 11.8 Å². The lowest BCUT2D eigenvalue weighted by atomic mass is 9.79. The van der Waals surface area contributed by atoms with Crippen molar-refractivity contribution in [2.24, 2.45) is 5.41 Å². The number of likely N-dealkylation sites (tertiary alicyclic amines) is 1. The van der Waals surface area contributed by atoms with E-state index in [0.29, 0.717) is 26.2 Å². The van der Waals surface area contributed by atoms with Gasteiger partial charge in [-0.25, -0.2) is 9.18 Å². The number of hydrogen-bond donors (Lipinski definition) is 1.